The van der Waals surface area contributed by atoms with E-state index in [0.29, 0.717) is 18.7 Å². The lowest BCUT2D eigenvalue weighted by atomic mass is 10.1. The molecule has 0 aromatic heterocycles. The number of carbonyl (C=O) groups excluding carboxylic acids is 1. The number of carboxylic acids is 1. The molecule has 1 amide bonds. The highest BCUT2D eigenvalue weighted by atomic mass is 79.9. The van der Waals surface area contributed by atoms with E-state index in [2.05, 4.69) is 15.9 Å². The third-order valence-electron chi connectivity index (χ3n) is 3.44. The zero-order valence-electron chi connectivity index (χ0n) is 11.1. The number of rotatable bonds is 4. The Kier molecular flexibility index (Phi) is 4.65. The Morgan fingerprint density at radius 1 is 1.50 bits per heavy atom. The third kappa shape index (κ3) is 3.12. The fourth-order valence-electron chi connectivity index (χ4n) is 2.47. The van der Waals surface area contributed by atoms with Gasteiger partial charge in [-0.15, -0.1) is 0 Å². The molecule has 1 atom stereocenters. The molecule has 6 heteroatoms. The lowest BCUT2D eigenvalue weighted by molar-refractivity contribution is -0.148. The molecule has 1 saturated heterocycles. The predicted octanol–water partition coefficient (Wildman–Crippen LogP) is 2.08. The van der Waals surface area contributed by atoms with Gasteiger partial charge in [-0.05, 0) is 31.0 Å². The van der Waals surface area contributed by atoms with Crippen molar-refractivity contribution >= 4 is 27.8 Å². The van der Waals surface area contributed by atoms with Crippen LogP contribution in [0.5, 0.6) is 5.75 Å². The molecular weight excluding hydrogens is 326 g/mol. The molecular formula is C14H16BrNO4. The van der Waals surface area contributed by atoms with E-state index in [-0.39, 0.29) is 12.3 Å². The normalized spacial score (nSPS) is 18.1. The van der Waals surface area contributed by atoms with Gasteiger partial charge in [0, 0.05) is 16.6 Å². The van der Waals surface area contributed by atoms with Crippen molar-refractivity contribution in [2.75, 3.05) is 13.7 Å². The molecule has 0 spiro atoms. The number of hydrogen-bond donors (Lipinski definition) is 1. The minimum atomic E-state index is -0.933. The average molecular weight is 342 g/mol. The van der Waals surface area contributed by atoms with Crippen LogP contribution in [0.2, 0.25) is 0 Å². The van der Waals surface area contributed by atoms with Crippen LogP contribution in [0.4, 0.5) is 0 Å². The summed E-state index contributed by atoms with van der Waals surface area (Å²) in [5.41, 5.74) is 0.753. The van der Waals surface area contributed by atoms with Crippen molar-refractivity contribution < 1.29 is 19.4 Å². The summed E-state index contributed by atoms with van der Waals surface area (Å²) in [4.78, 5) is 24.9. The number of ether oxygens (including phenoxy) is 1. The third-order valence-corrected chi connectivity index (χ3v) is 3.94. The maximum absolute atomic E-state index is 12.3. The van der Waals surface area contributed by atoms with Crippen LogP contribution in [-0.4, -0.2) is 41.6 Å². The van der Waals surface area contributed by atoms with Crippen LogP contribution in [0.15, 0.2) is 22.7 Å². The Bertz CT molecular complexity index is 532. The fraction of sp³-hybridized carbons (Fsp3) is 0.429. The van der Waals surface area contributed by atoms with Gasteiger partial charge in [0.05, 0.1) is 13.5 Å². The Morgan fingerprint density at radius 3 is 2.90 bits per heavy atom. The van der Waals surface area contributed by atoms with E-state index in [1.54, 1.807) is 13.2 Å². The first-order valence-corrected chi connectivity index (χ1v) is 7.17. The number of carboxylic acid groups (broad SMARTS) is 1. The van der Waals surface area contributed by atoms with E-state index in [9.17, 15) is 9.59 Å². The molecule has 1 aliphatic rings. The summed E-state index contributed by atoms with van der Waals surface area (Å²) in [5.74, 6) is -0.476. The predicted molar refractivity (Wildman–Crippen MR) is 76.8 cm³/mol. The average Bonchev–Trinajstić information content (AvgIpc) is 2.88. The fourth-order valence-corrected chi connectivity index (χ4v) is 2.88. The van der Waals surface area contributed by atoms with Crippen molar-refractivity contribution in [2.24, 2.45) is 0 Å². The number of nitrogens with zero attached hydrogens (tertiary/aromatic N) is 1. The van der Waals surface area contributed by atoms with Crippen molar-refractivity contribution in [1.82, 2.24) is 4.90 Å². The Balaban J connectivity index is 2.15. The summed E-state index contributed by atoms with van der Waals surface area (Å²) in [5, 5.41) is 9.12. The van der Waals surface area contributed by atoms with E-state index in [1.165, 1.54) is 4.90 Å². The van der Waals surface area contributed by atoms with E-state index in [1.807, 2.05) is 12.1 Å². The van der Waals surface area contributed by atoms with Gasteiger partial charge in [0.1, 0.15) is 11.8 Å². The van der Waals surface area contributed by atoms with Crippen LogP contribution >= 0.6 is 15.9 Å². The molecule has 20 heavy (non-hydrogen) atoms. The summed E-state index contributed by atoms with van der Waals surface area (Å²) < 4.78 is 6.09. The molecule has 0 saturated carbocycles. The van der Waals surface area contributed by atoms with E-state index in [0.717, 1.165) is 16.5 Å². The second-order valence-corrected chi connectivity index (χ2v) is 5.63. The molecule has 5 nitrogen and oxygen atoms in total. The number of carbonyl (C=O) groups is 2. The van der Waals surface area contributed by atoms with Crippen molar-refractivity contribution in [3.63, 3.8) is 0 Å². The van der Waals surface area contributed by atoms with E-state index in [4.69, 9.17) is 9.84 Å². The standard InChI is InChI=1S/C14H16BrNO4/c1-20-12-5-4-10(15)7-9(12)8-13(17)16-6-2-3-11(16)14(18)19/h4-5,7,11H,2-3,6,8H2,1H3,(H,18,19)/t11-/m1/s1. The maximum atomic E-state index is 12.3. The molecule has 1 heterocycles. The topological polar surface area (TPSA) is 66.8 Å². The first kappa shape index (κ1) is 14.8. The largest absolute Gasteiger partial charge is 0.496 e. The number of methoxy groups -OCH3 is 1. The van der Waals surface area contributed by atoms with Crippen LogP contribution in [0.3, 0.4) is 0 Å². The monoisotopic (exact) mass is 341 g/mol. The van der Waals surface area contributed by atoms with Gasteiger partial charge in [-0.3, -0.25) is 4.79 Å². The van der Waals surface area contributed by atoms with Gasteiger partial charge in [-0.1, -0.05) is 15.9 Å². The lowest BCUT2D eigenvalue weighted by Crippen LogP contribution is -2.41. The van der Waals surface area contributed by atoms with Gasteiger partial charge in [0.2, 0.25) is 5.91 Å². The number of aliphatic carboxylic acids is 1. The molecule has 2 rings (SSSR count). The molecule has 1 N–H and O–H groups in total. The van der Waals surface area contributed by atoms with Crippen LogP contribution in [-0.2, 0) is 16.0 Å². The van der Waals surface area contributed by atoms with Crippen molar-refractivity contribution in [1.29, 1.82) is 0 Å². The number of halogens is 1. The van der Waals surface area contributed by atoms with Gasteiger partial charge in [0.25, 0.3) is 0 Å². The van der Waals surface area contributed by atoms with Gasteiger partial charge in [-0.25, -0.2) is 4.79 Å². The molecule has 1 aromatic rings. The summed E-state index contributed by atoms with van der Waals surface area (Å²) in [7, 11) is 1.55. The van der Waals surface area contributed by atoms with Gasteiger partial charge in [0.15, 0.2) is 0 Å². The minimum absolute atomic E-state index is 0.145. The van der Waals surface area contributed by atoms with Crippen LogP contribution in [0.1, 0.15) is 18.4 Å². The SMILES string of the molecule is COc1ccc(Br)cc1CC(=O)N1CCC[C@@H]1C(=O)O. The highest BCUT2D eigenvalue weighted by Crippen LogP contribution is 2.25. The molecule has 0 radical (unpaired) electrons. The lowest BCUT2D eigenvalue weighted by Gasteiger charge is -2.22. The minimum Gasteiger partial charge on any atom is -0.496 e. The number of benzene rings is 1. The molecule has 0 bridgehead atoms. The van der Waals surface area contributed by atoms with Crippen molar-refractivity contribution in [3.05, 3.63) is 28.2 Å². The molecule has 0 aliphatic carbocycles. The van der Waals surface area contributed by atoms with Crippen molar-refractivity contribution in [2.45, 2.75) is 25.3 Å². The summed E-state index contributed by atoms with van der Waals surface area (Å²) in [6, 6.07) is 4.75. The summed E-state index contributed by atoms with van der Waals surface area (Å²) in [6.07, 6.45) is 1.40. The van der Waals surface area contributed by atoms with E-state index < -0.39 is 12.0 Å². The zero-order valence-corrected chi connectivity index (χ0v) is 12.7. The summed E-state index contributed by atoms with van der Waals surface area (Å²) >= 11 is 3.36. The quantitative estimate of drug-likeness (QED) is 0.910. The molecule has 1 aromatic carbocycles. The van der Waals surface area contributed by atoms with Gasteiger partial charge < -0.3 is 14.7 Å². The Labute approximate surface area is 125 Å². The summed E-state index contributed by atoms with van der Waals surface area (Å²) in [6.45, 7) is 0.506. The smallest absolute Gasteiger partial charge is 0.326 e. The zero-order chi connectivity index (χ0) is 14.7. The van der Waals surface area contributed by atoms with Crippen LogP contribution < -0.4 is 4.74 Å². The molecule has 1 aliphatic heterocycles. The first-order valence-electron chi connectivity index (χ1n) is 6.37. The Morgan fingerprint density at radius 2 is 2.25 bits per heavy atom. The molecule has 1 fully saturated rings. The van der Waals surface area contributed by atoms with Gasteiger partial charge in [-0.2, -0.15) is 0 Å². The number of hydrogen-bond acceptors (Lipinski definition) is 3. The second kappa shape index (κ2) is 6.26. The van der Waals surface area contributed by atoms with Crippen molar-refractivity contribution in [3.8, 4) is 5.75 Å². The molecule has 108 valence electrons. The van der Waals surface area contributed by atoms with Crippen LogP contribution in [0.25, 0.3) is 0 Å². The Hall–Kier alpha value is -1.56. The molecule has 0 unspecified atom stereocenters. The highest BCUT2D eigenvalue weighted by molar-refractivity contribution is 9.10. The number of likely N-dealkylation sites (tertiary alicyclic amines) is 1. The number of amides is 1. The highest BCUT2D eigenvalue weighted by Gasteiger charge is 2.33. The maximum Gasteiger partial charge on any atom is 0.326 e. The van der Waals surface area contributed by atoms with E-state index >= 15 is 0 Å². The second-order valence-electron chi connectivity index (χ2n) is 4.72. The van der Waals surface area contributed by atoms with Gasteiger partial charge >= 0.3 is 5.97 Å². The van der Waals surface area contributed by atoms with Crippen LogP contribution in [0, 0.1) is 0 Å². The first-order chi connectivity index (χ1) is 9.52.